The van der Waals surface area contributed by atoms with Gasteiger partial charge in [0.2, 0.25) is 11.7 Å². The molecule has 2 aromatic rings. The first kappa shape index (κ1) is 17.4. The van der Waals surface area contributed by atoms with Gasteiger partial charge in [-0.15, -0.1) is 23.7 Å². The van der Waals surface area contributed by atoms with Gasteiger partial charge in [0.25, 0.3) is 0 Å². The predicted octanol–water partition coefficient (Wildman–Crippen LogP) is 3.18. The number of thiophene rings is 1. The molecule has 0 spiro atoms. The molecule has 0 unspecified atom stereocenters. The van der Waals surface area contributed by atoms with E-state index in [-0.39, 0.29) is 12.4 Å². The molecule has 1 aliphatic heterocycles. The Morgan fingerprint density at radius 2 is 2.23 bits per heavy atom. The fourth-order valence-corrected chi connectivity index (χ4v) is 3.50. The van der Waals surface area contributed by atoms with Gasteiger partial charge in [0.1, 0.15) is 0 Å². The minimum absolute atomic E-state index is 0. The Bertz CT molecular complexity index is 539. The van der Waals surface area contributed by atoms with Gasteiger partial charge in [-0.05, 0) is 50.3 Å². The highest BCUT2D eigenvalue weighted by atomic mass is 35.5. The molecule has 1 aliphatic rings. The Kier molecular flexibility index (Phi) is 6.82. The standard InChI is InChI=1S/C15H22N4OS.ClH/c1-2-9-19(12-5-7-16-8-6-12)11-14-17-15(18-20-14)13-4-3-10-21-13;/h3-4,10,12,16H,2,5-9,11H2,1H3;1H. The molecule has 0 saturated carbocycles. The van der Waals surface area contributed by atoms with E-state index in [1.807, 2.05) is 17.5 Å². The zero-order valence-electron chi connectivity index (χ0n) is 12.8. The van der Waals surface area contributed by atoms with Gasteiger partial charge in [-0.1, -0.05) is 18.1 Å². The summed E-state index contributed by atoms with van der Waals surface area (Å²) in [5.74, 6) is 1.44. The van der Waals surface area contributed by atoms with Gasteiger partial charge >= 0.3 is 0 Å². The maximum atomic E-state index is 5.44. The Morgan fingerprint density at radius 1 is 1.41 bits per heavy atom. The van der Waals surface area contributed by atoms with Crippen LogP contribution in [0.5, 0.6) is 0 Å². The molecule has 0 bridgehead atoms. The van der Waals surface area contributed by atoms with Crippen LogP contribution >= 0.6 is 23.7 Å². The summed E-state index contributed by atoms with van der Waals surface area (Å²) in [6, 6.07) is 4.66. The maximum absolute atomic E-state index is 5.44. The molecule has 3 rings (SSSR count). The van der Waals surface area contributed by atoms with E-state index in [9.17, 15) is 0 Å². The predicted molar refractivity (Wildman–Crippen MR) is 91.5 cm³/mol. The Hall–Kier alpha value is -0.950. The molecule has 0 amide bonds. The van der Waals surface area contributed by atoms with Crippen LogP contribution < -0.4 is 5.32 Å². The van der Waals surface area contributed by atoms with Crippen LogP contribution in [0.1, 0.15) is 32.1 Å². The number of piperidine rings is 1. The number of rotatable bonds is 6. The van der Waals surface area contributed by atoms with Crippen molar-refractivity contribution in [1.29, 1.82) is 0 Å². The van der Waals surface area contributed by atoms with Crippen LogP contribution in [0.3, 0.4) is 0 Å². The SMILES string of the molecule is CCCN(Cc1nc(-c2cccs2)no1)C1CCNCC1.Cl. The summed E-state index contributed by atoms with van der Waals surface area (Å²) in [6.07, 6.45) is 3.55. The highest BCUT2D eigenvalue weighted by Gasteiger charge is 2.22. The number of nitrogens with zero attached hydrogens (tertiary/aromatic N) is 3. The fraction of sp³-hybridized carbons (Fsp3) is 0.600. The summed E-state index contributed by atoms with van der Waals surface area (Å²) in [5.41, 5.74) is 0. The van der Waals surface area contributed by atoms with E-state index in [2.05, 4.69) is 27.3 Å². The lowest BCUT2D eigenvalue weighted by atomic mass is 10.0. The van der Waals surface area contributed by atoms with Gasteiger partial charge < -0.3 is 9.84 Å². The summed E-state index contributed by atoms with van der Waals surface area (Å²) in [6.45, 7) is 6.28. The van der Waals surface area contributed by atoms with Crippen LogP contribution in [0.4, 0.5) is 0 Å². The van der Waals surface area contributed by atoms with E-state index in [1.54, 1.807) is 11.3 Å². The van der Waals surface area contributed by atoms with E-state index < -0.39 is 0 Å². The number of nitrogens with one attached hydrogen (secondary N) is 1. The maximum Gasteiger partial charge on any atom is 0.241 e. The molecule has 0 aliphatic carbocycles. The van der Waals surface area contributed by atoms with E-state index in [0.717, 1.165) is 43.4 Å². The third kappa shape index (κ3) is 4.29. The number of halogens is 1. The molecular formula is C15H23ClN4OS. The Labute approximate surface area is 141 Å². The van der Waals surface area contributed by atoms with Gasteiger partial charge in [0.05, 0.1) is 11.4 Å². The summed E-state index contributed by atoms with van der Waals surface area (Å²) < 4.78 is 5.44. The topological polar surface area (TPSA) is 54.2 Å². The normalized spacial score (nSPS) is 15.9. The smallest absolute Gasteiger partial charge is 0.241 e. The molecule has 7 heteroatoms. The number of hydrogen-bond acceptors (Lipinski definition) is 6. The van der Waals surface area contributed by atoms with E-state index in [1.165, 1.54) is 12.8 Å². The molecule has 5 nitrogen and oxygen atoms in total. The van der Waals surface area contributed by atoms with Crippen molar-refractivity contribution in [3.8, 4) is 10.7 Å². The van der Waals surface area contributed by atoms with Gasteiger partial charge in [-0.3, -0.25) is 4.90 Å². The first-order valence-corrected chi connectivity index (χ1v) is 8.56. The minimum atomic E-state index is 0. The third-order valence-electron chi connectivity index (χ3n) is 3.88. The molecule has 22 heavy (non-hydrogen) atoms. The summed E-state index contributed by atoms with van der Waals surface area (Å²) in [5, 5.41) is 9.56. The van der Waals surface area contributed by atoms with Gasteiger partial charge in [-0.2, -0.15) is 4.98 Å². The summed E-state index contributed by atoms with van der Waals surface area (Å²) in [4.78, 5) is 8.10. The summed E-state index contributed by atoms with van der Waals surface area (Å²) >= 11 is 1.64. The van der Waals surface area contributed by atoms with Crippen molar-refractivity contribution < 1.29 is 4.52 Å². The highest BCUT2D eigenvalue weighted by molar-refractivity contribution is 7.13. The average Bonchev–Trinajstić information content (AvgIpc) is 3.19. The zero-order chi connectivity index (χ0) is 14.5. The first-order valence-electron chi connectivity index (χ1n) is 7.68. The second kappa shape index (κ2) is 8.62. The van der Waals surface area contributed by atoms with E-state index in [0.29, 0.717) is 11.9 Å². The van der Waals surface area contributed by atoms with Crippen molar-refractivity contribution in [2.75, 3.05) is 19.6 Å². The van der Waals surface area contributed by atoms with Gasteiger partial charge in [-0.25, -0.2) is 0 Å². The van der Waals surface area contributed by atoms with Gasteiger partial charge in [0, 0.05) is 6.04 Å². The van der Waals surface area contributed by atoms with Crippen molar-refractivity contribution in [3.05, 3.63) is 23.4 Å². The van der Waals surface area contributed by atoms with Crippen LogP contribution in [0, 0.1) is 0 Å². The number of hydrogen-bond donors (Lipinski definition) is 1. The fourth-order valence-electron chi connectivity index (χ4n) is 2.85. The van der Waals surface area contributed by atoms with Crippen LogP contribution in [-0.2, 0) is 6.54 Å². The lowest BCUT2D eigenvalue weighted by molar-refractivity contribution is 0.137. The second-order valence-corrected chi connectivity index (χ2v) is 6.39. The van der Waals surface area contributed by atoms with Crippen molar-refractivity contribution in [1.82, 2.24) is 20.4 Å². The molecule has 0 atom stereocenters. The van der Waals surface area contributed by atoms with Crippen molar-refractivity contribution in [2.24, 2.45) is 0 Å². The molecule has 0 radical (unpaired) electrons. The van der Waals surface area contributed by atoms with Crippen molar-refractivity contribution >= 4 is 23.7 Å². The molecule has 3 heterocycles. The van der Waals surface area contributed by atoms with E-state index >= 15 is 0 Å². The second-order valence-electron chi connectivity index (χ2n) is 5.44. The molecule has 2 aromatic heterocycles. The molecule has 1 fully saturated rings. The summed E-state index contributed by atoms with van der Waals surface area (Å²) in [7, 11) is 0. The van der Waals surface area contributed by atoms with Crippen LogP contribution in [0.2, 0.25) is 0 Å². The van der Waals surface area contributed by atoms with Crippen LogP contribution in [0.25, 0.3) is 10.7 Å². The number of aromatic nitrogens is 2. The van der Waals surface area contributed by atoms with Crippen LogP contribution in [0.15, 0.2) is 22.0 Å². The molecule has 0 aromatic carbocycles. The van der Waals surface area contributed by atoms with Crippen LogP contribution in [-0.4, -0.2) is 40.7 Å². The average molecular weight is 343 g/mol. The third-order valence-corrected chi connectivity index (χ3v) is 4.75. The zero-order valence-corrected chi connectivity index (χ0v) is 14.5. The van der Waals surface area contributed by atoms with Gasteiger partial charge in [0.15, 0.2) is 0 Å². The Morgan fingerprint density at radius 3 is 2.91 bits per heavy atom. The minimum Gasteiger partial charge on any atom is -0.338 e. The molecule has 1 saturated heterocycles. The molecular weight excluding hydrogens is 320 g/mol. The van der Waals surface area contributed by atoms with Crippen molar-refractivity contribution in [2.45, 2.75) is 38.8 Å². The monoisotopic (exact) mass is 342 g/mol. The highest BCUT2D eigenvalue weighted by Crippen LogP contribution is 2.22. The quantitative estimate of drug-likeness (QED) is 0.873. The Balaban J connectivity index is 0.00000176. The first-order chi connectivity index (χ1) is 10.4. The van der Waals surface area contributed by atoms with Crippen molar-refractivity contribution in [3.63, 3.8) is 0 Å². The largest absolute Gasteiger partial charge is 0.338 e. The molecule has 122 valence electrons. The lowest BCUT2D eigenvalue weighted by Gasteiger charge is -2.33. The van der Waals surface area contributed by atoms with E-state index in [4.69, 9.17) is 4.52 Å². The molecule has 1 N–H and O–H groups in total. The lowest BCUT2D eigenvalue weighted by Crippen LogP contribution is -2.43.